The van der Waals surface area contributed by atoms with Crippen LogP contribution in [0.5, 0.6) is 0 Å². The van der Waals surface area contributed by atoms with E-state index in [1.807, 2.05) is 32.0 Å². The van der Waals surface area contributed by atoms with E-state index in [0.717, 1.165) is 42.4 Å². The van der Waals surface area contributed by atoms with Gasteiger partial charge in [-0.2, -0.15) is 0 Å². The van der Waals surface area contributed by atoms with E-state index in [-0.39, 0.29) is 17.9 Å². The molecule has 1 aromatic carbocycles. The molecule has 1 aliphatic rings. The lowest BCUT2D eigenvalue weighted by atomic mass is 9.87. The Balaban J connectivity index is 2.05. The van der Waals surface area contributed by atoms with Crippen LogP contribution in [-0.2, 0) is 0 Å². The average Bonchev–Trinajstić information content (AvgIpc) is 2.86. The number of aryl methyl sites for hydroxylation is 2. The molecule has 1 fully saturated rings. The van der Waals surface area contributed by atoms with Gasteiger partial charge in [0.2, 0.25) is 0 Å². The summed E-state index contributed by atoms with van der Waals surface area (Å²) in [6.07, 6.45) is 4.33. The van der Waals surface area contributed by atoms with Crippen LogP contribution in [0.25, 0.3) is 0 Å². The molecule has 1 aromatic rings. The van der Waals surface area contributed by atoms with Gasteiger partial charge in [-0.1, -0.05) is 31.0 Å². The lowest BCUT2D eigenvalue weighted by Gasteiger charge is -2.26. The third kappa shape index (κ3) is 2.98. The van der Waals surface area contributed by atoms with Crippen LogP contribution in [0.3, 0.4) is 0 Å². The van der Waals surface area contributed by atoms with Crippen molar-refractivity contribution in [3.63, 3.8) is 0 Å². The molecule has 1 saturated carbocycles. The highest BCUT2D eigenvalue weighted by atomic mass is 16.3. The van der Waals surface area contributed by atoms with Crippen LogP contribution < -0.4 is 5.32 Å². The smallest absolute Gasteiger partial charge is 0.251 e. The minimum absolute atomic E-state index is 0.0182. The van der Waals surface area contributed by atoms with Gasteiger partial charge in [0.25, 0.3) is 5.91 Å². The maximum atomic E-state index is 12.3. The van der Waals surface area contributed by atoms with Crippen molar-refractivity contribution in [3.8, 4) is 0 Å². The molecule has 0 aromatic heterocycles. The molecular weight excluding hydrogens is 238 g/mol. The van der Waals surface area contributed by atoms with E-state index >= 15 is 0 Å². The number of nitrogens with one attached hydrogen (secondary N) is 1. The highest BCUT2D eigenvalue weighted by Gasteiger charge is 2.33. The van der Waals surface area contributed by atoms with E-state index in [1.54, 1.807) is 0 Å². The second-order valence-electron chi connectivity index (χ2n) is 5.81. The number of carbonyl (C=O) groups excluding carboxylic acids is 1. The van der Waals surface area contributed by atoms with Crippen molar-refractivity contribution in [2.45, 2.75) is 39.5 Å². The summed E-state index contributed by atoms with van der Waals surface area (Å²) in [5.74, 6) is -0.0182. The topological polar surface area (TPSA) is 49.3 Å². The van der Waals surface area contributed by atoms with Crippen molar-refractivity contribution < 1.29 is 9.90 Å². The van der Waals surface area contributed by atoms with Gasteiger partial charge in [0.15, 0.2) is 0 Å². The summed E-state index contributed by atoms with van der Waals surface area (Å²) in [4.78, 5) is 12.3. The molecule has 0 atom stereocenters. The molecule has 3 nitrogen and oxygen atoms in total. The lowest BCUT2D eigenvalue weighted by molar-refractivity contribution is 0.0879. The van der Waals surface area contributed by atoms with E-state index < -0.39 is 0 Å². The number of aliphatic hydroxyl groups is 1. The first-order valence-corrected chi connectivity index (χ1v) is 7.03. The summed E-state index contributed by atoms with van der Waals surface area (Å²) in [7, 11) is 0. The SMILES string of the molecule is Cc1cccc(C)c1C(=O)NCC1(CO)CCCC1. The van der Waals surface area contributed by atoms with Crippen LogP contribution in [0, 0.1) is 19.3 Å². The monoisotopic (exact) mass is 261 g/mol. The fourth-order valence-corrected chi connectivity index (χ4v) is 3.04. The molecule has 19 heavy (non-hydrogen) atoms. The third-order valence-electron chi connectivity index (χ3n) is 4.33. The molecule has 0 bridgehead atoms. The largest absolute Gasteiger partial charge is 0.396 e. The van der Waals surface area contributed by atoms with Gasteiger partial charge in [0.05, 0.1) is 6.61 Å². The van der Waals surface area contributed by atoms with Gasteiger partial charge < -0.3 is 10.4 Å². The van der Waals surface area contributed by atoms with Crippen LogP contribution in [0.15, 0.2) is 18.2 Å². The lowest BCUT2D eigenvalue weighted by Crippen LogP contribution is -2.38. The number of amides is 1. The minimum Gasteiger partial charge on any atom is -0.396 e. The summed E-state index contributed by atoms with van der Waals surface area (Å²) in [6.45, 7) is 4.66. The minimum atomic E-state index is -0.0910. The van der Waals surface area contributed by atoms with Crippen LogP contribution in [0.1, 0.15) is 47.2 Å². The molecule has 0 unspecified atom stereocenters. The van der Waals surface area contributed by atoms with Crippen molar-refractivity contribution in [3.05, 3.63) is 34.9 Å². The zero-order chi connectivity index (χ0) is 13.9. The first kappa shape index (κ1) is 14.1. The van der Waals surface area contributed by atoms with E-state index in [2.05, 4.69) is 5.32 Å². The number of hydrogen-bond acceptors (Lipinski definition) is 2. The zero-order valence-corrected chi connectivity index (χ0v) is 11.8. The molecule has 2 N–H and O–H groups in total. The molecule has 1 aliphatic carbocycles. The van der Waals surface area contributed by atoms with Crippen LogP contribution in [0.4, 0.5) is 0 Å². The van der Waals surface area contributed by atoms with Crippen molar-refractivity contribution >= 4 is 5.91 Å². The Bertz CT molecular complexity index is 442. The number of rotatable bonds is 4. The van der Waals surface area contributed by atoms with Crippen molar-refractivity contribution in [1.82, 2.24) is 5.32 Å². The Hall–Kier alpha value is -1.35. The third-order valence-corrected chi connectivity index (χ3v) is 4.33. The van der Waals surface area contributed by atoms with E-state index in [0.29, 0.717) is 6.54 Å². The van der Waals surface area contributed by atoms with Crippen LogP contribution in [0.2, 0.25) is 0 Å². The number of carbonyl (C=O) groups is 1. The highest BCUT2D eigenvalue weighted by molar-refractivity contribution is 5.97. The van der Waals surface area contributed by atoms with Crippen LogP contribution >= 0.6 is 0 Å². The molecule has 0 spiro atoms. The van der Waals surface area contributed by atoms with Gasteiger partial charge >= 0.3 is 0 Å². The second-order valence-corrected chi connectivity index (χ2v) is 5.81. The molecule has 2 rings (SSSR count). The van der Waals surface area contributed by atoms with E-state index in [9.17, 15) is 9.90 Å². The molecule has 0 radical (unpaired) electrons. The van der Waals surface area contributed by atoms with E-state index in [4.69, 9.17) is 0 Å². The standard InChI is InChI=1S/C16H23NO2/c1-12-6-5-7-13(2)14(12)15(19)17-10-16(11-18)8-3-4-9-16/h5-7,18H,3-4,8-11H2,1-2H3,(H,17,19). The van der Waals surface area contributed by atoms with Crippen molar-refractivity contribution in [1.29, 1.82) is 0 Å². The van der Waals surface area contributed by atoms with Crippen molar-refractivity contribution in [2.75, 3.05) is 13.2 Å². The van der Waals surface area contributed by atoms with Crippen LogP contribution in [-0.4, -0.2) is 24.2 Å². The zero-order valence-electron chi connectivity index (χ0n) is 11.8. The van der Waals surface area contributed by atoms with Gasteiger partial charge in [-0.25, -0.2) is 0 Å². The fourth-order valence-electron chi connectivity index (χ4n) is 3.04. The maximum absolute atomic E-state index is 12.3. The Morgan fingerprint density at radius 2 is 1.84 bits per heavy atom. The van der Waals surface area contributed by atoms with E-state index in [1.165, 1.54) is 0 Å². The highest BCUT2D eigenvalue weighted by Crippen LogP contribution is 2.36. The Kier molecular flexibility index (Phi) is 4.25. The predicted octanol–water partition coefficient (Wildman–Crippen LogP) is 2.59. The summed E-state index contributed by atoms with van der Waals surface area (Å²) in [6, 6.07) is 5.88. The Labute approximate surface area is 115 Å². The predicted molar refractivity (Wildman–Crippen MR) is 76.2 cm³/mol. The van der Waals surface area contributed by atoms with Gasteiger partial charge in [0, 0.05) is 17.5 Å². The van der Waals surface area contributed by atoms with Gasteiger partial charge in [-0.05, 0) is 37.8 Å². The average molecular weight is 261 g/mol. The Morgan fingerprint density at radius 3 is 2.37 bits per heavy atom. The molecule has 0 heterocycles. The molecule has 0 saturated heterocycles. The molecule has 104 valence electrons. The first-order chi connectivity index (χ1) is 9.08. The number of hydrogen-bond donors (Lipinski definition) is 2. The summed E-state index contributed by atoms with van der Waals surface area (Å²) < 4.78 is 0. The fraction of sp³-hybridized carbons (Fsp3) is 0.562. The summed E-state index contributed by atoms with van der Waals surface area (Å²) in [5, 5.41) is 12.6. The summed E-state index contributed by atoms with van der Waals surface area (Å²) >= 11 is 0. The Morgan fingerprint density at radius 1 is 1.26 bits per heavy atom. The molecular formula is C16H23NO2. The number of benzene rings is 1. The maximum Gasteiger partial charge on any atom is 0.251 e. The van der Waals surface area contributed by atoms with Gasteiger partial charge in [-0.3, -0.25) is 4.79 Å². The summed E-state index contributed by atoms with van der Waals surface area (Å²) in [5.41, 5.74) is 2.68. The normalized spacial score (nSPS) is 17.4. The van der Waals surface area contributed by atoms with Gasteiger partial charge in [0.1, 0.15) is 0 Å². The molecule has 1 amide bonds. The molecule has 0 aliphatic heterocycles. The number of aliphatic hydroxyl groups excluding tert-OH is 1. The van der Waals surface area contributed by atoms with Crippen molar-refractivity contribution in [2.24, 2.45) is 5.41 Å². The second kappa shape index (κ2) is 5.74. The molecule has 3 heteroatoms. The quantitative estimate of drug-likeness (QED) is 0.875. The first-order valence-electron chi connectivity index (χ1n) is 7.03. The van der Waals surface area contributed by atoms with Gasteiger partial charge in [-0.15, -0.1) is 0 Å².